The summed E-state index contributed by atoms with van der Waals surface area (Å²) in [6.07, 6.45) is 9.67. The molecule has 4 aromatic rings. The number of aromatic nitrogens is 3. The molecule has 1 aliphatic rings. The molecule has 6 heteroatoms. The third-order valence-corrected chi connectivity index (χ3v) is 6.28. The molecule has 1 fully saturated rings. The number of hydrogen-bond acceptors (Lipinski definition) is 5. The Hall–Kier alpha value is -3.54. The number of benzene rings is 2. The summed E-state index contributed by atoms with van der Waals surface area (Å²) in [5.41, 5.74) is 6.02. The van der Waals surface area contributed by atoms with Crippen LogP contribution in [0.2, 0.25) is 0 Å². The van der Waals surface area contributed by atoms with Gasteiger partial charge in [-0.05, 0) is 36.1 Å². The Bertz CT molecular complexity index is 1200. The van der Waals surface area contributed by atoms with Crippen LogP contribution in [0.3, 0.4) is 0 Å². The van der Waals surface area contributed by atoms with Crippen LogP contribution in [0.25, 0.3) is 16.8 Å². The van der Waals surface area contributed by atoms with E-state index in [1.54, 1.807) is 6.20 Å². The molecule has 5 rings (SSSR count). The van der Waals surface area contributed by atoms with E-state index in [9.17, 15) is 4.91 Å². The fourth-order valence-corrected chi connectivity index (χ4v) is 4.64. The predicted molar refractivity (Wildman–Crippen MR) is 125 cm³/mol. The van der Waals surface area contributed by atoms with E-state index in [2.05, 4.69) is 39.5 Å². The summed E-state index contributed by atoms with van der Waals surface area (Å²) >= 11 is 0. The lowest BCUT2D eigenvalue weighted by Crippen LogP contribution is -2.12. The molecule has 0 spiro atoms. The molecule has 2 heterocycles. The molecule has 0 atom stereocenters. The Morgan fingerprint density at radius 2 is 1.75 bits per heavy atom. The van der Waals surface area contributed by atoms with Crippen LogP contribution >= 0.6 is 0 Å². The summed E-state index contributed by atoms with van der Waals surface area (Å²) in [7, 11) is 0. The molecule has 32 heavy (non-hydrogen) atoms. The van der Waals surface area contributed by atoms with Gasteiger partial charge in [-0.3, -0.25) is 0 Å². The van der Waals surface area contributed by atoms with Gasteiger partial charge in [0.05, 0.1) is 11.9 Å². The van der Waals surface area contributed by atoms with Crippen molar-refractivity contribution in [3.05, 3.63) is 88.7 Å². The van der Waals surface area contributed by atoms with E-state index < -0.39 is 0 Å². The number of fused-ring (bicyclic) bond motifs is 1. The summed E-state index contributed by atoms with van der Waals surface area (Å²) in [5, 5.41) is 7.65. The van der Waals surface area contributed by atoms with E-state index in [0.717, 1.165) is 46.5 Å². The van der Waals surface area contributed by atoms with Crippen LogP contribution in [0, 0.1) is 4.91 Å². The lowest BCUT2D eigenvalue weighted by molar-refractivity contribution is 0.306. The van der Waals surface area contributed by atoms with Crippen molar-refractivity contribution in [1.82, 2.24) is 14.6 Å². The quantitative estimate of drug-likeness (QED) is 0.326. The van der Waals surface area contributed by atoms with Crippen molar-refractivity contribution in [2.24, 2.45) is 5.18 Å². The van der Waals surface area contributed by atoms with Crippen LogP contribution in [-0.2, 0) is 13.2 Å². The number of hydrogen-bond donors (Lipinski definition) is 0. The maximum Gasteiger partial charge on any atom is 0.160 e. The first kappa shape index (κ1) is 20.4. The molecule has 162 valence electrons. The SMILES string of the molecule is O=NCc1cnn2c(C3CCCCC3)c(-c3ccc(OCc4ccccc4)cc3)cnc12. The van der Waals surface area contributed by atoms with Gasteiger partial charge in [0.15, 0.2) is 5.65 Å². The Labute approximate surface area is 187 Å². The third-order valence-electron chi connectivity index (χ3n) is 6.28. The topological polar surface area (TPSA) is 68.9 Å². The van der Waals surface area contributed by atoms with E-state index in [1.165, 1.54) is 25.0 Å². The predicted octanol–water partition coefficient (Wildman–Crippen LogP) is 6.29. The average Bonchev–Trinajstić information content (AvgIpc) is 3.27. The number of nitroso groups, excluding NO2 is 1. The first-order valence-corrected chi connectivity index (χ1v) is 11.3. The Kier molecular flexibility index (Phi) is 5.92. The zero-order chi connectivity index (χ0) is 21.8. The van der Waals surface area contributed by atoms with Crippen molar-refractivity contribution < 1.29 is 4.74 Å². The number of rotatable bonds is 7. The van der Waals surface area contributed by atoms with Gasteiger partial charge in [-0.2, -0.15) is 10.0 Å². The van der Waals surface area contributed by atoms with Gasteiger partial charge >= 0.3 is 0 Å². The number of ether oxygens (including phenoxy) is 1. The van der Waals surface area contributed by atoms with Gasteiger partial charge in [0.2, 0.25) is 0 Å². The van der Waals surface area contributed by atoms with Crippen LogP contribution in [0.5, 0.6) is 5.75 Å². The first-order valence-electron chi connectivity index (χ1n) is 11.3. The van der Waals surface area contributed by atoms with E-state index in [4.69, 9.17) is 4.74 Å². The van der Waals surface area contributed by atoms with Crippen molar-refractivity contribution in [3.8, 4) is 16.9 Å². The lowest BCUT2D eigenvalue weighted by Gasteiger charge is -2.25. The van der Waals surface area contributed by atoms with Crippen molar-refractivity contribution in [3.63, 3.8) is 0 Å². The highest BCUT2D eigenvalue weighted by molar-refractivity contribution is 5.69. The second-order valence-electron chi connectivity index (χ2n) is 8.38. The second-order valence-corrected chi connectivity index (χ2v) is 8.38. The highest BCUT2D eigenvalue weighted by Crippen LogP contribution is 2.38. The van der Waals surface area contributed by atoms with Crippen LogP contribution in [0.15, 0.2) is 72.2 Å². The van der Waals surface area contributed by atoms with Gasteiger partial charge in [0.1, 0.15) is 18.9 Å². The Morgan fingerprint density at radius 1 is 0.969 bits per heavy atom. The van der Waals surface area contributed by atoms with Crippen LogP contribution in [-0.4, -0.2) is 14.6 Å². The molecular formula is C26H26N4O2. The van der Waals surface area contributed by atoms with E-state index in [-0.39, 0.29) is 6.54 Å². The standard InChI is InChI=1S/C26H26N4O2/c31-29-16-22-15-28-30-25(21-9-5-2-6-10-21)24(17-27-26(22)30)20-11-13-23(14-12-20)32-18-19-7-3-1-4-8-19/h1,3-4,7-8,11-15,17,21H,2,5-6,9-10,16,18H2. The van der Waals surface area contributed by atoms with Crippen molar-refractivity contribution in [2.45, 2.75) is 51.2 Å². The van der Waals surface area contributed by atoms with Crippen LogP contribution in [0.1, 0.15) is 54.8 Å². The van der Waals surface area contributed by atoms with Gasteiger partial charge in [0, 0.05) is 23.2 Å². The normalized spacial score (nSPS) is 14.5. The molecule has 2 aromatic heterocycles. The van der Waals surface area contributed by atoms with Crippen LogP contribution < -0.4 is 4.74 Å². The first-order chi connectivity index (χ1) is 15.8. The monoisotopic (exact) mass is 426 g/mol. The number of nitrogens with zero attached hydrogens (tertiary/aromatic N) is 4. The smallest absolute Gasteiger partial charge is 0.160 e. The van der Waals surface area contributed by atoms with E-state index in [1.807, 2.05) is 41.0 Å². The summed E-state index contributed by atoms with van der Waals surface area (Å²) in [6, 6.07) is 18.4. The fourth-order valence-electron chi connectivity index (χ4n) is 4.64. The molecule has 0 aliphatic heterocycles. The average molecular weight is 427 g/mol. The van der Waals surface area contributed by atoms with Gasteiger partial charge in [0.25, 0.3) is 0 Å². The van der Waals surface area contributed by atoms with Gasteiger partial charge < -0.3 is 4.74 Å². The minimum atomic E-state index is 0.0907. The molecule has 0 saturated heterocycles. The Balaban J connectivity index is 1.48. The molecule has 0 unspecified atom stereocenters. The highest BCUT2D eigenvalue weighted by atomic mass is 16.5. The highest BCUT2D eigenvalue weighted by Gasteiger charge is 2.24. The zero-order valence-electron chi connectivity index (χ0n) is 18.0. The molecular weight excluding hydrogens is 400 g/mol. The molecule has 1 aliphatic carbocycles. The minimum Gasteiger partial charge on any atom is -0.489 e. The van der Waals surface area contributed by atoms with Crippen molar-refractivity contribution in [1.29, 1.82) is 0 Å². The maximum atomic E-state index is 10.8. The van der Waals surface area contributed by atoms with Crippen molar-refractivity contribution >= 4 is 5.65 Å². The van der Waals surface area contributed by atoms with E-state index in [0.29, 0.717) is 12.5 Å². The van der Waals surface area contributed by atoms with Gasteiger partial charge in [-0.25, -0.2) is 9.50 Å². The summed E-state index contributed by atoms with van der Waals surface area (Å²) in [5.74, 6) is 1.26. The largest absolute Gasteiger partial charge is 0.489 e. The Morgan fingerprint density at radius 3 is 2.50 bits per heavy atom. The summed E-state index contributed by atoms with van der Waals surface area (Å²) < 4.78 is 7.89. The lowest BCUT2D eigenvalue weighted by atomic mass is 9.84. The molecule has 0 radical (unpaired) electrons. The molecule has 0 amide bonds. The molecule has 1 saturated carbocycles. The minimum absolute atomic E-state index is 0.0907. The zero-order valence-corrected chi connectivity index (χ0v) is 18.0. The molecule has 2 aromatic carbocycles. The third kappa shape index (κ3) is 4.13. The van der Waals surface area contributed by atoms with Gasteiger partial charge in [-0.15, -0.1) is 0 Å². The van der Waals surface area contributed by atoms with Gasteiger partial charge in [-0.1, -0.05) is 66.9 Å². The molecule has 0 N–H and O–H groups in total. The summed E-state index contributed by atoms with van der Waals surface area (Å²) in [4.78, 5) is 15.5. The second kappa shape index (κ2) is 9.30. The van der Waals surface area contributed by atoms with Crippen molar-refractivity contribution in [2.75, 3.05) is 0 Å². The van der Waals surface area contributed by atoms with E-state index >= 15 is 0 Å². The fraction of sp³-hybridized carbons (Fsp3) is 0.308. The molecule has 6 nitrogen and oxygen atoms in total. The molecule has 0 bridgehead atoms. The summed E-state index contributed by atoms with van der Waals surface area (Å²) in [6.45, 7) is 0.634. The van der Waals surface area contributed by atoms with Crippen LogP contribution in [0.4, 0.5) is 0 Å². The maximum absolute atomic E-state index is 10.8.